The van der Waals surface area contributed by atoms with Gasteiger partial charge in [0.2, 0.25) is 0 Å². The first-order chi connectivity index (χ1) is 13.3. The van der Waals surface area contributed by atoms with Crippen molar-refractivity contribution in [3.8, 4) is 11.5 Å². The smallest absolute Gasteiger partial charge is 0.287 e. The second kappa shape index (κ2) is 7.67. The van der Waals surface area contributed by atoms with Gasteiger partial charge in [0.05, 0.1) is 17.4 Å². The summed E-state index contributed by atoms with van der Waals surface area (Å²) in [5, 5.41) is 40.1. The highest BCUT2D eigenvalue weighted by Gasteiger charge is 2.30. The van der Waals surface area contributed by atoms with Crippen molar-refractivity contribution < 1.29 is 15.0 Å². The third-order valence-corrected chi connectivity index (χ3v) is 4.50. The van der Waals surface area contributed by atoms with Crippen LogP contribution >= 0.6 is 0 Å². The number of anilines is 1. The fraction of sp³-hybridized carbons (Fsp3) is 0.300. The monoisotopic (exact) mass is 381 g/mol. The average molecular weight is 381 g/mol. The predicted octanol–water partition coefficient (Wildman–Crippen LogP) is 2.70. The van der Waals surface area contributed by atoms with Crippen LogP contribution in [-0.2, 0) is 4.79 Å². The molecule has 2 aromatic rings. The maximum absolute atomic E-state index is 12.5. The number of hydrogen-bond acceptors (Lipinski definition) is 6. The zero-order valence-corrected chi connectivity index (χ0v) is 15.7. The molecule has 5 N–H and O–H groups in total. The molecule has 1 aromatic heterocycles. The lowest BCUT2D eigenvalue weighted by Crippen LogP contribution is -2.46. The van der Waals surface area contributed by atoms with E-state index >= 15 is 0 Å². The van der Waals surface area contributed by atoms with Crippen molar-refractivity contribution in [2.24, 2.45) is 0 Å². The lowest BCUT2D eigenvalue weighted by molar-refractivity contribution is -0.115. The Hall–Kier alpha value is -3.42. The topological polar surface area (TPSA) is 133 Å². The molecule has 0 bridgehead atoms. The Kier molecular flexibility index (Phi) is 5.30. The second-order valence-corrected chi connectivity index (χ2v) is 7.07. The van der Waals surface area contributed by atoms with Crippen molar-refractivity contribution in [1.29, 1.82) is 10.8 Å². The van der Waals surface area contributed by atoms with E-state index in [-0.39, 0.29) is 34.9 Å². The molecule has 1 aliphatic carbocycles. The quantitative estimate of drug-likeness (QED) is 0.410. The van der Waals surface area contributed by atoms with E-state index in [1.54, 1.807) is 18.3 Å². The number of aromatic nitrogens is 1. The maximum Gasteiger partial charge on any atom is 0.287 e. The first-order valence-electron chi connectivity index (χ1n) is 9.04. The normalized spacial score (nSPS) is 13.2. The summed E-state index contributed by atoms with van der Waals surface area (Å²) in [4.78, 5) is 17.6. The number of aromatic hydroxyl groups is 2. The molecule has 0 saturated heterocycles. The molecule has 28 heavy (non-hydrogen) atoms. The minimum atomic E-state index is -0.599. The Labute approximate surface area is 162 Å². The molecule has 1 aliphatic rings. The molecular formula is C20H23N5O3. The molecule has 146 valence electrons. The number of amidine groups is 2. The summed E-state index contributed by atoms with van der Waals surface area (Å²) in [7, 11) is 0. The maximum atomic E-state index is 12.5. The third-order valence-electron chi connectivity index (χ3n) is 4.50. The van der Waals surface area contributed by atoms with Crippen molar-refractivity contribution in [1.82, 2.24) is 10.3 Å². The highest BCUT2D eigenvalue weighted by atomic mass is 16.3. The Morgan fingerprint density at radius 3 is 2.54 bits per heavy atom. The van der Waals surface area contributed by atoms with Gasteiger partial charge in [0.15, 0.2) is 5.84 Å². The third kappa shape index (κ3) is 3.95. The number of pyridine rings is 1. The van der Waals surface area contributed by atoms with Gasteiger partial charge in [-0.15, -0.1) is 0 Å². The van der Waals surface area contributed by atoms with Gasteiger partial charge in [0, 0.05) is 18.3 Å². The molecule has 8 nitrogen and oxygen atoms in total. The molecule has 1 heterocycles. The molecule has 3 rings (SSSR count). The van der Waals surface area contributed by atoms with Gasteiger partial charge in [-0.1, -0.05) is 13.8 Å². The number of carbonyl (C=O) groups excluding carboxylic acids is 1. The second-order valence-electron chi connectivity index (χ2n) is 7.07. The highest BCUT2D eigenvalue weighted by molar-refractivity contribution is 6.48. The highest BCUT2D eigenvalue weighted by Crippen LogP contribution is 2.33. The van der Waals surface area contributed by atoms with Gasteiger partial charge in [0.1, 0.15) is 17.3 Å². The van der Waals surface area contributed by atoms with Gasteiger partial charge in [-0.2, -0.15) is 0 Å². The molecule has 0 unspecified atom stereocenters. The number of phenolic OH excluding ortho intramolecular Hbond substituents is 2. The number of hydrogen-bond donors (Lipinski definition) is 5. The summed E-state index contributed by atoms with van der Waals surface area (Å²) >= 11 is 0. The number of nitrogens with zero attached hydrogens (tertiary/aromatic N) is 2. The predicted molar refractivity (Wildman–Crippen MR) is 106 cm³/mol. The minimum absolute atomic E-state index is 0.0448. The van der Waals surface area contributed by atoms with Crippen molar-refractivity contribution in [3.63, 3.8) is 0 Å². The molecule has 1 aromatic carbocycles. The van der Waals surface area contributed by atoms with E-state index in [9.17, 15) is 15.0 Å². The summed E-state index contributed by atoms with van der Waals surface area (Å²) in [5.74, 6) is -1.73. The molecule has 1 amide bonds. The Morgan fingerprint density at radius 2 is 1.96 bits per heavy atom. The first-order valence-corrected chi connectivity index (χ1v) is 9.04. The lowest BCUT2D eigenvalue weighted by Gasteiger charge is -2.26. The molecule has 8 heteroatoms. The van der Waals surface area contributed by atoms with Crippen molar-refractivity contribution in [2.45, 2.75) is 38.6 Å². The van der Waals surface area contributed by atoms with Crippen molar-refractivity contribution >= 4 is 23.3 Å². The fourth-order valence-corrected chi connectivity index (χ4v) is 2.81. The molecule has 0 spiro atoms. The molecule has 0 atom stereocenters. The summed E-state index contributed by atoms with van der Waals surface area (Å²) in [6.07, 6.45) is 4.74. The Morgan fingerprint density at radius 1 is 1.25 bits per heavy atom. The van der Waals surface area contributed by atoms with Crippen molar-refractivity contribution in [3.05, 3.63) is 47.8 Å². The average Bonchev–Trinajstić information content (AvgIpc) is 3.46. The van der Waals surface area contributed by atoms with Gasteiger partial charge in [0.25, 0.3) is 5.91 Å². The number of carbonyl (C=O) groups is 1. The standard InChI is InChI=1S/C20H23N5O3/c1-11(2)14-8-15(17(27)9-16(14)26)18(21)25(13-4-3-7-23-10-13)19(22)20(28)24-12-5-6-12/h3-4,7-12,21-22,26-27H,5-6H2,1-2H3,(H,24,28). The van der Waals surface area contributed by atoms with Crippen LogP contribution < -0.4 is 10.2 Å². The number of rotatable bonds is 4. The van der Waals surface area contributed by atoms with Gasteiger partial charge in [-0.3, -0.25) is 25.5 Å². The van der Waals surface area contributed by atoms with E-state index in [0.717, 1.165) is 17.7 Å². The zero-order valence-electron chi connectivity index (χ0n) is 15.7. The van der Waals surface area contributed by atoms with Crippen LogP contribution in [-0.4, -0.2) is 38.8 Å². The molecular weight excluding hydrogens is 358 g/mol. The summed E-state index contributed by atoms with van der Waals surface area (Å²) in [5.41, 5.74) is 1.01. The SMILES string of the molecule is CC(C)c1cc(C(=N)N(C(=N)C(=O)NC2CC2)c2cccnc2)c(O)cc1O. The van der Waals surface area contributed by atoms with E-state index in [4.69, 9.17) is 10.8 Å². The van der Waals surface area contributed by atoms with Crippen LogP contribution in [0.4, 0.5) is 5.69 Å². The number of benzene rings is 1. The molecule has 0 radical (unpaired) electrons. The van der Waals surface area contributed by atoms with Crippen LogP contribution in [0.25, 0.3) is 0 Å². The largest absolute Gasteiger partial charge is 0.508 e. The zero-order chi connectivity index (χ0) is 20.4. The van der Waals surface area contributed by atoms with Crippen LogP contribution in [0.5, 0.6) is 11.5 Å². The Bertz CT molecular complexity index is 923. The number of phenols is 2. The van der Waals surface area contributed by atoms with Crippen LogP contribution in [0.15, 0.2) is 36.7 Å². The molecule has 1 saturated carbocycles. The van der Waals surface area contributed by atoms with E-state index in [2.05, 4.69) is 10.3 Å². The first kappa shape index (κ1) is 19.3. The summed E-state index contributed by atoms with van der Waals surface area (Å²) < 4.78 is 0. The van der Waals surface area contributed by atoms with Crippen LogP contribution in [0, 0.1) is 10.8 Å². The number of nitrogens with one attached hydrogen (secondary N) is 3. The van der Waals surface area contributed by atoms with Crippen LogP contribution in [0.2, 0.25) is 0 Å². The van der Waals surface area contributed by atoms with Gasteiger partial charge >= 0.3 is 0 Å². The fourth-order valence-electron chi connectivity index (χ4n) is 2.81. The molecule has 1 fully saturated rings. The summed E-state index contributed by atoms with van der Waals surface area (Å²) in [6, 6.07) is 6.01. The van der Waals surface area contributed by atoms with Gasteiger partial charge in [-0.05, 0) is 42.5 Å². The van der Waals surface area contributed by atoms with Crippen LogP contribution in [0.3, 0.4) is 0 Å². The lowest BCUT2D eigenvalue weighted by atomic mass is 9.98. The van der Waals surface area contributed by atoms with Crippen LogP contribution in [0.1, 0.15) is 43.7 Å². The molecule has 0 aliphatic heterocycles. The summed E-state index contributed by atoms with van der Waals surface area (Å²) in [6.45, 7) is 3.76. The minimum Gasteiger partial charge on any atom is -0.508 e. The van der Waals surface area contributed by atoms with E-state index < -0.39 is 11.7 Å². The van der Waals surface area contributed by atoms with Gasteiger partial charge < -0.3 is 15.5 Å². The number of amides is 1. The van der Waals surface area contributed by atoms with E-state index in [1.807, 2.05) is 13.8 Å². The van der Waals surface area contributed by atoms with Crippen molar-refractivity contribution in [2.75, 3.05) is 4.90 Å². The van der Waals surface area contributed by atoms with E-state index in [1.165, 1.54) is 18.3 Å². The van der Waals surface area contributed by atoms with Gasteiger partial charge in [-0.25, -0.2) is 0 Å². The van der Waals surface area contributed by atoms with E-state index in [0.29, 0.717) is 11.3 Å². The Balaban J connectivity index is 2.03.